The summed E-state index contributed by atoms with van der Waals surface area (Å²) in [4.78, 5) is 23.6. The number of amides is 1. The SMILES string of the molecule is O=C(Cn1cc(C(F)(F)F)ccc1=O)N[C@H]1C[C@@H]1c1cccc(F)c1. The number of halogens is 4. The minimum absolute atomic E-state index is 0.0297. The number of hydrogen-bond donors (Lipinski definition) is 1. The van der Waals surface area contributed by atoms with Gasteiger partial charge in [-0.25, -0.2) is 4.39 Å². The Kier molecular flexibility index (Phi) is 4.36. The van der Waals surface area contributed by atoms with Crippen molar-refractivity contribution in [1.82, 2.24) is 9.88 Å². The molecule has 25 heavy (non-hydrogen) atoms. The van der Waals surface area contributed by atoms with Gasteiger partial charge in [0.25, 0.3) is 5.56 Å². The number of aromatic nitrogens is 1. The van der Waals surface area contributed by atoms with Crippen LogP contribution in [0.15, 0.2) is 47.4 Å². The molecule has 0 saturated heterocycles. The van der Waals surface area contributed by atoms with Crippen molar-refractivity contribution < 1.29 is 22.4 Å². The van der Waals surface area contributed by atoms with Gasteiger partial charge in [-0.1, -0.05) is 12.1 Å². The number of benzene rings is 1. The van der Waals surface area contributed by atoms with E-state index in [1.54, 1.807) is 12.1 Å². The normalized spacial score (nSPS) is 19.5. The molecule has 0 aliphatic heterocycles. The molecule has 2 aromatic rings. The first-order valence-corrected chi connectivity index (χ1v) is 7.56. The quantitative estimate of drug-likeness (QED) is 0.859. The second kappa shape index (κ2) is 6.34. The average Bonchev–Trinajstić information content (AvgIpc) is 3.27. The molecule has 1 aromatic carbocycles. The van der Waals surface area contributed by atoms with E-state index in [-0.39, 0.29) is 17.8 Å². The molecule has 0 unspecified atom stereocenters. The standard InChI is InChI=1S/C17H14F4N2O2/c18-12-3-1-2-10(6-12)13-7-14(13)22-15(24)9-23-8-11(17(19,20)21)4-5-16(23)25/h1-6,8,13-14H,7,9H2,(H,22,24)/t13-,14+/m1/s1. The molecule has 0 radical (unpaired) electrons. The summed E-state index contributed by atoms with van der Waals surface area (Å²) in [6.45, 7) is -0.505. The van der Waals surface area contributed by atoms with Crippen molar-refractivity contribution in [3.8, 4) is 0 Å². The lowest BCUT2D eigenvalue weighted by Crippen LogP contribution is -2.34. The molecule has 1 fully saturated rings. The van der Waals surface area contributed by atoms with Gasteiger partial charge in [0.05, 0.1) is 5.56 Å². The highest BCUT2D eigenvalue weighted by molar-refractivity contribution is 5.76. The monoisotopic (exact) mass is 354 g/mol. The Labute approximate surface area is 140 Å². The molecule has 8 heteroatoms. The van der Waals surface area contributed by atoms with Crippen molar-refractivity contribution in [2.24, 2.45) is 0 Å². The van der Waals surface area contributed by atoms with Crippen molar-refractivity contribution >= 4 is 5.91 Å². The van der Waals surface area contributed by atoms with Gasteiger partial charge in [-0.15, -0.1) is 0 Å². The summed E-state index contributed by atoms with van der Waals surface area (Å²) in [5.41, 5.74) is -0.939. The number of nitrogens with one attached hydrogen (secondary N) is 1. The van der Waals surface area contributed by atoms with E-state index < -0.39 is 29.8 Å². The van der Waals surface area contributed by atoms with Crippen LogP contribution in [0.1, 0.15) is 23.5 Å². The third-order valence-corrected chi connectivity index (χ3v) is 4.04. The summed E-state index contributed by atoms with van der Waals surface area (Å²) >= 11 is 0. The summed E-state index contributed by atoms with van der Waals surface area (Å²) in [7, 11) is 0. The van der Waals surface area contributed by atoms with E-state index >= 15 is 0 Å². The molecule has 0 bridgehead atoms. The molecule has 1 saturated carbocycles. The maximum atomic E-state index is 13.2. The third kappa shape index (κ3) is 4.07. The largest absolute Gasteiger partial charge is 0.417 e. The Hall–Kier alpha value is -2.64. The van der Waals surface area contributed by atoms with Crippen molar-refractivity contribution in [2.45, 2.75) is 31.1 Å². The molecule has 1 aliphatic rings. The molecule has 1 heterocycles. The topological polar surface area (TPSA) is 51.1 Å². The maximum absolute atomic E-state index is 13.2. The number of carbonyl (C=O) groups is 1. The minimum atomic E-state index is -4.59. The van der Waals surface area contributed by atoms with E-state index in [1.165, 1.54) is 12.1 Å². The second-order valence-electron chi connectivity index (χ2n) is 5.95. The van der Waals surface area contributed by atoms with Crippen LogP contribution in [0.2, 0.25) is 0 Å². The fraction of sp³-hybridized carbons (Fsp3) is 0.294. The number of nitrogens with zero attached hydrogens (tertiary/aromatic N) is 1. The highest BCUT2D eigenvalue weighted by atomic mass is 19.4. The first-order valence-electron chi connectivity index (χ1n) is 7.56. The number of carbonyl (C=O) groups excluding carboxylic acids is 1. The number of alkyl halides is 3. The Morgan fingerprint density at radius 3 is 2.68 bits per heavy atom. The van der Waals surface area contributed by atoms with Crippen LogP contribution >= 0.6 is 0 Å². The highest BCUT2D eigenvalue weighted by Crippen LogP contribution is 2.40. The smallest absolute Gasteiger partial charge is 0.351 e. The maximum Gasteiger partial charge on any atom is 0.417 e. The van der Waals surface area contributed by atoms with Crippen LogP contribution in [0, 0.1) is 5.82 Å². The lowest BCUT2D eigenvalue weighted by Gasteiger charge is -2.11. The molecule has 1 aliphatic carbocycles. The number of pyridine rings is 1. The summed E-state index contributed by atoms with van der Waals surface area (Å²) in [6.07, 6.45) is -3.35. The van der Waals surface area contributed by atoms with Gasteiger partial charge in [0.2, 0.25) is 5.91 Å². The first kappa shape index (κ1) is 17.2. The van der Waals surface area contributed by atoms with Crippen LogP contribution in [-0.2, 0) is 17.5 Å². The highest BCUT2D eigenvalue weighted by Gasteiger charge is 2.39. The Morgan fingerprint density at radius 2 is 2.00 bits per heavy atom. The van der Waals surface area contributed by atoms with Crippen LogP contribution in [0.25, 0.3) is 0 Å². The molecule has 1 aromatic heterocycles. The molecule has 132 valence electrons. The van der Waals surface area contributed by atoms with Crippen molar-refractivity contribution in [3.05, 3.63) is 69.9 Å². The fourth-order valence-corrected chi connectivity index (χ4v) is 2.69. The fourth-order valence-electron chi connectivity index (χ4n) is 2.69. The molecule has 3 rings (SSSR count). The molecule has 1 N–H and O–H groups in total. The predicted octanol–water partition coefficient (Wildman–Crippen LogP) is 2.68. The van der Waals surface area contributed by atoms with E-state index in [0.29, 0.717) is 18.7 Å². The first-order chi connectivity index (χ1) is 11.7. The zero-order chi connectivity index (χ0) is 18.2. The van der Waals surface area contributed by atoms with E-state index in [1.807, 2.05) is 0 Å². The molecule has 4 nitrogen and oxygen atoms in total. The Morgan fingerprint density at radius 1 is 1.24 bits per heavy atom. The van der Waals surface area contributed by atoms with Crippen LogP contribution < -0.4 is 10.9 Å². The minimum Gasteiger partial charge on any atom is -0.351 e. The van der Waals surface area contributed by atoms with Crippen molar-refractivity contribution in [2.75, 3.05) is 0 Å². The number of hydrogen-bond acceptors (Lipinski definition) is 2. The molecule has 1 amide bonds. The lowest BCUT2D eigenvalue weighted by atomic mass is 10.1. The average molecular weight is 354 g/mol. The molecule has 2 atom stereocenters. The Balaban J connectivity index is 1.63. The van der Waals surface area contributed by atoms with Crippen molar-refractivity contribution in [1.29, 1.82) is 0 Å². The van der Waals surface area contributed by atoms with Crippen LogP contribution in [-0.4, -0.2) is 16.5 Å². The molecular weight excluding hydrogens is 340 g/mol. The van der Waals surface area contributed by atoms with Gasteiger partial charge in [0.15, 0.2) is 0 Å². The summed E-state index contributed by atoms with van der Waals surface area (Å²) in [5.74, 6) is -0.965. The third-order valence-electron chi connectivity index (χ3n) is 4.04. The van der Waals surface area contributed by atoms with E-state index in [9.17, 15) is 27.2 Å². The summed E-state index contributed by atoms with van der Waals surface area (Å²) in [5, 5.41) is 2.65. The van der Waals surface area contributed by atoms with Gasteiger partial charge < -0.3 is 9.88 Å². The van der Waals surface area contributed by atoms with Gasteiger partial charge in [-0.2, -0.15) is 13.2 Å². The Bertz CT molecular complexity index is 860. The lowest BCUT2D eigenvalue weighted by molar-refractivity contribution is -0.138. The van der Waals surface area contributed by atoms with Gasteiger partial charge in [-0.05, 0) is 30.2 Å². The van der Waals surface area contributed by atoms with E-state index in [0.717, 1.165) is 16.2 Å². The molecular formula is C17H14F4N2O2. The summed E-state index contributed by atoms with van der Waals surface area (Å²) < 4.78 is 52.0. The number of rotatable bonds is 4. The molecule has 0 spiro atoms. The van der Waals surface area contributed by atoms with Crippen LogP contribution in [0.3, 0.4) is 0 Å². The summed E-state index contributed by atoms with van der Waals surface area (Å²) in [6, 6.07) is 7.27. The van der Waals surface area contributed by atoms with Crippen LogP contribution in [0.5, 0.6) is 0 Å². The van der Waals surface area contributed by atoms with Crippen molar-refractivity contribution in [3.63, 3.8) is 0 Å². The second-order valence-corrected chi connectivity index (χ2v) is 5.95. The van der Waals surface area contributed by atoms with Crippen LogP contribution in [0.4, 0.5) is 17.6 Å². The predicted molar refractivity (Wildman–Crippen MR) is 81.4 cm³/mol. The van der Waals surface area contributed by atoms with Gasteiger partial charge in [0, 0.05) is 24.2 Å². The van der Waals surface area contributed by atoms with Gasteiger partial charge in [0.1, 0.15) is 12.4 Å². The van der Waals surface area contributed by atoms with E-state index in [4.69, 9.17) is 0 Å². The van der Waals surface area contributed by atoms with Gasteiger partial charge >= 0.3 is 6.18 Å². The zero-order valence-corrected chi connectivity index (χ0v) is 12.9. The van der Waals surface area contributed by atoms with Gasteiger partial charge in [-0.3, -0.25) is 9.59 Å². The van der Waals surface area contributed by atoms with E-state index in [2.05, 4.69) is 5.32 Å². The zero-order valence-electron chi connectivity index (χ0n) is 12.9.